The maximum atomic E-state index is 11.0. The van der Waals surface area contributed by atoms with Crippen molar-refractivity contribution in [3.05, 3.63) is 22.8 Å². The molecule has 0 spiro atoms. The van der Waals surface area contributed by atoms with E-state index in [-0.39, 0.29) is 5.75 Å². The normalized spacial score (nSPS) is 11.7. The number of hydrogen-bond donors (Lipinski definition) is 2. The summed E-state index contributed by atoms with van der Waals surface area (Å²) in [6.07, 6.45) is 0.648. The molecule has 0 saturated carbocycles. The minimum absolute atomic E-state index is 0.368. The van der Waals surface area contributed by atoms with Gasteiger partial charge in [0.15, 0.2) is 0 Å². The van der Waals surface area contributed by atoms with E-state index in [4.69, 9.17) is 4.55 Å². The SMILES string of the molecule is CCc1cc(S(=O)(=O)O)c(O)c(C)c1C. The maximum Gasteiger partial charge on any atom is 0.298 e. The van der Waals surface area contributed by atoms with Crippen LogP contribution in [0.4, 0.5) is 0 Å². The van der Waals surface area contributed by atoms with Crippen LogP contribution in [0.25, 0.3) is 0 Å². The van der Waals surface area contributed by atoms with Crippen molar-refractivity contribution in [1.29, 1.82) is 0 Å². The molecule has 0 unspecified atom stereocenters. The van der Waals surface area contributed by atoms with Gasteiger partial charge in [-0.05, 0) is 43.0 Å². The quantitative estimate of drug-likeness (QED) is 0.760. The highest BCUT2D eigenvalue weighted by Crippen LogP contribution is 2.31. The third kappa shape index (κ3) is 2.13. The van der Waals surface area contributed by atoms with Gasteiger partial charge in [0.2, 0.25) is 0 Å². The van der Waals surface area contributed by atoms with E-state index in [0.29, 0.717) is 12.0 Å². The van der Waals surface area contributed by atoms with Crippen LogP contribution in [-0.4, -0.2) is 18.1 Å². The predicted octanol–water partition coefficient (Wildman–Crippen LogP) is 1.82. The van der Waals surface area contributed by atoms with Crippen molar-refractivity contribution in [3.8, 4) is 5.75 Å². The highest BCUT2D eigenvalue weighted by Gasteiger charge is 2.19. The second kappa shape index (κ2) is 3.83. The molecular weight excluding hydrogens is 216 g/mol. The van der Waals surface area contributed by atoms with Crippen molar-refractivity contribution in [1.82, 2.24) is 0 Å². The lowest BCUT2D eigenvalue weighted by molar-refractivity contribution is 0.439. The van der Waals surface area contributed by atoms with Gasteiger partial charge in [-0.1, -0.05) is 6.92 Å². The van der Waals surface area contributed by atoms with Crippen molar-refractivity contribution in [2.45, 2.75) is 32.1 Å². The lowest BCUT2D eigenvalue weighted by atomic mass is 10.0. The van der Waals surface area contributed by atoms with E-state index >= 15 is 0 Å². The van der Waals surface area contributed by atoms with Crippen LogP contribution >= 0.6 is 0 Å². The monoisotopic (exact) mass is 230 g/mol. The molecule has 4 nitrogen and oxygen atoms in total. The molecule has 0 radical (unpaired) electrons. The molecule has 0 bridgehead atoms. The molecule has 0 amide bonds. The van der Waals surface area contributed by atoms with Crippen LogP contribution < -0.4 is 0 Å². The Morgan fingerprint density at radius 3 is 2.20 bits per heavy atom. The largest absolute Gasteiger partial charge is 0.506 e. The lowest BCUT2D eigenvalue weighted by Crippen LogP contribution is -2.03. The Labute approximate surface area is 89.3 Å². The van der Waals surface area contributed by atoms with Gasteiger partial charge in [-0.2, -0.15) is 8.42 Å². The zero-order valence-electron chi connectivity index (χ0n) is 8.90. The number of benzene rings is 1. The molecule has 1 aromatic carbocycles. The number of aryl methyl sites for hydroxylation is 1. The molecule has 0 fully saturated rings. The smallest absolute Gasteiger partial charge is 0.298 e. The van der Waals surface area contributed by atoms with E-state index in [1.807, 2.05) is 13.8 Å². The van der Waals surface area contributed by atoms with Crippen molar-refractivity contribution < 1.29 is 18.1 Å². The Balaban J connectivity index is 3.64. The van der Waals surface area contributed by atoms with E-state index in [2.05, 4.69) is 0 Å². The molecule has 0 aliphatic carbocycles. The molecule has 0 saturated heterocycles. The van der Waals surface area contributed by atoms with Gasteiger partial charge >= 0.3 is 0 Å². The van der Waals surface area contributed by atoms with E-state index in [9.17, 15) is 13.5 Å². The van der Waals surface area contributed by atoms with Gasteiger partial charge in [0, 0.05) is 0 Å². The molecule has 84 valence electrons. The molecule has 0 aromatic heterocycles. The molecule has 2 N–H and O–H groups in total. The molecule has 1 aromatic rings. The first-order valence-corrected chi connectivity index (χ1v) is 6.02. The molecule has 0 aliphatic rings. The highest BCUT2D eigenvalue weighted by atomic mass is 32.2. The minimum atomic E-state index is -4.36. The average Bonchev–Trinajstić information content (AvgIpc) is 2.13. The van der Waals surface area contributed by atoms with Crippen LogP contribution in [0.2, 0.25) is 0 Å². The van der Waals surface area contributed by atoms with E-state index in [1.165, 1.54) is 6.07 Å². The highest BCUT2D eigenvalue weighted by molar-refractivity contribution is 7.86. The maximum absolute atomic E-state index is 11.0. The van der Waals surface area contributed by atoms with E-state index < -0.39 is 15.0 Å². The summed E-state index contributed by atoms with van der Waals surface area (Å²) >= 11 is 0. The average molecular weight is 230 g/mol. The molecule has 0 aliphatic heterocycles. The van der Waals surface area contributed by atoms with Gasteiger partial charge in [0.1, 0.15) is 10.6 Å². The Hall–Kier alpha value is -1.07. The van der Waals surface area contributed by atoms with Crippen LogP contribution in [0.3, 0.4) is 0 Å². The number of aromatic hydroxyl groups is 1. The van der Waals surface area contributed by atoms with E-state index in [0.717, 1.165) is 11.1 Å². The van der Waals surface area contributed by atoms with Crippen LogP contribution in [-0.2, 0) is 16.5 Å². The van der Waals surface area contributed by atoms with E-state index in [1.54, 1.807) is 6.92 Å². The summed E-state index contributed by atoms with van der Waals surface area (Å²) in [7, 11) is -4.36. The van der Waals surface area contributed by atoms with Crippen molar-refractivity contribution in [3.63, 3.8) is 0 Å². The van der Waals surface area contributed by atoms with Crippen LogP contribution in [0, 0.1) is 13.8 Å². The number of rotatable bonds is 2. The summed E-state index contributed by atoms with van der Waals surface area (Å²) in [6.45, 7) is 5.31. The van der Waals surface area contributed by atoms with Crippen LogP contribution in [0.5, 0.6) is 5.75 Å². The summed E-state index contributed by atoms with van der Waals surface area (Å²) in [5, 5.41) is 9.59. The fourth-order valence-corrected chi connectivity index (χ4v) is 2.19. The Morgan fingerprint density at radius 2 is 1.80 bits per heavy atom. The predicted molar refractivity (Wildman–Crippen MR) is 56.8 cm³/mol. The Kier molecular flexibility index (Phi) is 3.06. The first kappa shape index (κ1) is 12.0. The van der Waals surface area contributed by atoms with Gasteiger partial charge < -0.3 is 5.11 Å². The molecule has 5 heteroatoms. The molecule has 15 heavy (non-hydrogen) atoms. The first-order valence-electron chi connectivity index (χ1n) is 4.58. The number of phenolic OH excluding ortho intramolecular Hbond substituents is 1. The van der Waals surface area contributed by atoms with Gasteiger partial charge in [-0.3, -0.25) is 4.55 Å². The van der Waals surface area contributed by atoms with Gasteiger partial charge in [-0.15, -0.1) is 0 Å². The second-order valence-electron chi connectivity index (χ2n) is 3.46. The molecule has 0 heterocycles. The van der Waals surface area contributed by atoms with Crippen molar-refractivity contribution in [2.75, 3.05) is 0 Å². The summed E-state index contributed by atoms with van der Waals surface area (Å²) in [4.78, 5) is -0.414. The topological polar surface area (TPSA) is 74.6 Å². The third-order valence-corrected chi connectivity index (χ3v) is 3.46. The summed E-state index contributed by atoms with van der Waals surface area (Å²) < 4.78 is 30.9. The zero-order chi connectivity index (χ0) is 11.8. The number of hydrogen-bond acceptors (Lipinski definition) is 3. The summed E-state index contributed by atoms with van der Waals surface area (Å²) in [5.74, 6) is -0.368. The molecular formula is C10H14O4S. The Morgan fingerprint density at radius 1 is 1.27 bits per heavy atom. The molecule has 0 atom stereocenters. The summed E-state index contributed by atoms with van der Waals surface area (Å²) in [5.41, 5.74) is 2.14. The standard InChI is InChI=1S/C10H14O4S/c1-4-8-5-9(15(12,13)14)10(11)7(3)6(8)2/h5,11H,4H2,1-3H3,(H,12,13,14). The lowest BCUT2D eigenvalue weighted by Gasteiger charge is -2.11. The van der Waals surface area contributed by atoms with Crippen LogP contribution in [0.15, 0.2) is 11.0 Å². The van der Waals surface area contributed by atoms with Gasteiger partial charge in [-0.25, -0.2) is 0 Å². The molecule has 1 rings (SSSR count). The summed E-state index contributed by atoms with van der Waals surface area (Å²) in [6, 6.07) is 1.31. The fraction of sp³-hybridized carbons (Fsp3) is 0.400. The van der Waals surface area contributed by atoms with Crippen molar-refractivity contribution >= 4 is 10.1 Å². The second-order valence-corrected chi connectivity index (χ2v) is 4.85. The first-order chi connectivity index (χ1) is 6.79. The minimum Gasteiger partial charge on any atom is -0.506 e. The van der Waals surface area contributed by atoms with Gasteiger partial charge in [0.05, 0.1) is 0 Å². The fourth-order valence-electron chi connectivity index (χ4n) is 1.50. The number of phenols is 1. The third-order valence-electron chi connectivity index (χ3n) is 2.60. The van der Waals surface area contributed by atoms with Gasteiger partial charge in [0.25, 0.3) is 10.1 Å². The Bertz CT molecular complexity index is 489. The van der Waals surface area contributed by atoms with Crippen molar-refractivity contribution in [2.24, 2.45) is 0 Å². The zero-order valence-corrected chi connectivity index (χ0v) is 9.72. The van der Waals surface area contributed by atoms with Crippen LogP contribution in [0.1, 0.15) is 23.6 Å².